The monoisotopic (exact) mass is 453 g/mol. The van der Waals surface area contributed by atoms with Crippen molar-refractivity contribution < 1.29 is 1.43 Å². The number of benzene rings is 1. The third-order valence-electron chi connectivity index (χ3n) is 7.73. The summed E-state index contributed by atoms with van der Waals surface area (Å²) in [6.07, 6.45) is 18.2. The number of hydrogen-bond donors (Lipinski definition) is 0. The molecule has 1 atom stereocenters. The molecular weight excluding hydrogens is 395 g/mol. The molecule has 1 aromatic rings. The van der Waals surface area contributed by atoms with E-state index in [1.807, 2.05) is 0 Å². The topological polar surface area (TPSA) is 0 Å². The first-order valence-electron chi connectivity index (χ1n) is 13.8. The van der Waals surface area contributed by atoms with Crippen LogP contribution in [0, 0.1) is 43.4 Å². The Hall–Kier alpha value is -0.975. The molecule has 1 heteroatoms. The van der Waals surface area contributed by atoms with Crippen molar-refractivity contribution in [2.45, 2.75) is 126 Å². The molecule has 0 N–H and O–H groups in total. The molecule has 1 unspecified atom stereocenters. The molecular formula is C32H58B. The summed E-state index contributed by atoms with van der Waals surface area (Å²) in [5.41, 5.74) is 4.24. The Morgan fingerprint density at radius 1 is 0.515 bits per heavy atom. The van der Waals surface area contributed by atoms with E-state index in [2.05, 4.69) is 85.7 Å². The van der Waals surface area contributed by atoms with Gasteiger partial charge in [0.25, 0.3) is 0 Å². The van der Waals surface area contributed by atoms with Crippen LogP contribution in [0.4, 0.5) is 0 Å². The summed E-state index contributed by atoms with van der Waals surface area (Å²) >= 11 is 0. The average molecular weight is 454 g/mol. The maximum atomic E-state index is 2.37. The molecule has 0 spiro atoms. The third-order valence-corrected chi connectivity index (χ3v) is 7.73. The molecule has 2 saturated carbocycles. The maximum absolute atomic E-state index is 2.37. The molecule has 33 heavy (non-hydrogen) atoms. The lowest BCUT2D eigenvalue weighted by Crippen LogP contribution is -2.08. The highest BCUT2D eigenvalue weighted by molar-refractivity contribution is 5.75. The molecule has 0 heterocycles. The van der Waals surface area contributed by atoms with E-state index in [9.17, 15) is 0 Å². The molecule has 4 rings (SSSR count). The Balaban J connectivity index is 0. The van der Waals surface area contributed by atoms with E-state index in [1.54, 1.807) is 5.57 Å². The summed E-state index contributed by atoms with van der Waals surface area (Å²) in [7, 11) is 0. The van der Waals surface area contributed by atoms with Gasteiger partial charge in [-0.3, -0.25) is 0 Å². The largest absolute Gasteiger partial charge is 0.0853 e. The third kappa shape index (κ3) is 17.2. The summed E-state index contributed by atoms with van der Waals surface area (Å²) in [6.45, 7) is 18.2. The van der Waals surface area contributed by atoms with Gasteiger partial charge in [0.1, 0.15) is 0 Å². The zero-order chi connectivity index (χ0) is 23.9. The minimum Gasteiger partial charge on any atom is -0.0853 e. The fourth-order valence-corrected chi connectivity index (χ4v) is 4.59. The van der Waals surface area contributed by atoms with Crippen molar-refractivity contribution in [1.29, 1.82) is 0 Å². The highest BCUT2D eigenvalue weighted by Crippen LogP contribution is 2.28. The molecule has 3 aliphatic carbocycles. The van der Waals surface area contributed by atoms with Crippen molar-refractivity contribution in [2.75, 3.05) is 0 Å². The van der Waals surface area contributed by atoms with Gasteiger partial charge in [-0.15, -0.1) is 0 Å². The van der Waals surface area contributed by atoms with Gasteiger partial charge >= 0.3 is 0 Å². The second-order valence-corrected chi connectivity index (χ2v) is 11.8. The number of rotatable bonds is 0. The van der Waals surface area contributed by atoms with E-state index in [-0.39, 0.29) is 9.84 Å². The van der Waals surface area contributed by atoms with Crippen LogP contribution >= 0.6 is 0 Å². The van der Waals surface area contributed by atoms with Crippen LogP contribution in [0.5, 0.6) is 0 Å². The van der Waals surface area contributed by atoms with E-state index < -0.39 is 0 Å². The van der Waals surface area contributed by atoms with Crippen molar-refractivity contribution in [3.05, 3.63) is 47.0 Å². The smallest absolute Gasteiger partial charge is 0 e. The van der Waals surface area contributed by atoms with Gasteiger partial charge in [-0.1, -0.05) is 133 Å². The lowest BCUT2D eigenvalue weighted by atomic mass is 9.84. The molecule has 0 amide bonds. The van der Waals surface area contributed by atoms with Gasteiger partial charge in [0.15, 0.2) is 0 Å². The van der Waals surface area contributed by atoms with Crippen LogP contribution in [0.2, 0.25) is 0 Å². The van der Waals surface area contributed by atoms with E-state index in [4.69, 9.17) is 0 Å². The lowest BCUT2D eigenvalue weighted by molar-refractivity contribution is 0.308. The van der Waals surface area contributed by atoms with Crippen molar-refractivity contribution in [3.8, 4) is 0 Å². The quantitative estimate of drug-likeness (QED) is 0.271. The van der Waals surface area contributed by atoms with Crippen LogP contribution in [0.25, 0.3) is 0 Å². The van der Waals surface area contributed by atoms with Gasteiger partial charge in [-0.25, -0.2) is 0 Å². The normalized spacial score (nSPS) is 28.7. The first kappa shape index (κ1) is 32.0. The van der Waals surface area contributed by atoms with Crippen molar-refractivity contribution in [3.63, 3.8) is 0 Å². The summed E-state index contributed by atoms with van der Waals surface area (Å²) in [6, 6.07) is 8.48. The lowest BCUT2D eigenvalue weighted by Gasteiger charge is -2.22. The Morgan fingerprint density at radius 2 is 0.818 bits per heavy atom. The van der Waals surface area contributed by atoms with Gasteiger partial charge in [-0.05, 0) is 69.6 Å². The van der Waals surface area contributed by atoms with Gasteiger partial charge < -0.3 is 0 Å². The highest BCUT2D eigenvalue weighted by atomic mass is 14.2. The van der Waals surface area contributed by atoms with E-state index in [0.717, 1.165) is 29.6 Å². The first-order chi connectivity index (χ1) is 15.2. The van der Waals surface area contributed by atoms with Crippen LogP contribution in [-0.2, 0) is 0 Å². The summed E-state index contributed by atoms with van der Waals surface area (Å²) < 4.78 is 0. The van der Waals surface area contributed by atoms with Crippen LogP contribution in [-0.4, -0.2) is 8.41 Å². The first-order valence-corrected chi connectivity index (χ1v) is 13.8. The minimum atomic E-state index is 0. The zero-order valence-electron chi connectivity index (χ0n) is 23.6. The number of allylic oxidation sites excluding steroid dienone is 2. The van der Waals surface area contributed by atoms with Crippen molar-refractivity contribution in [2.24, 2.45) is 29.6 Å². The van der Waals surface area contributed by atoms with Crippen LogP contribution in [0.1, 0.15) is 125 Å². The minimum absolute atomic E-state index is 0. The molecule has 3 radical (unpaired) electrons. The Kier molecular flexibility index (Phi) is 17.8. The predicted octanol–water partition coefficient (Wildman–Crippen LogP) is 10.6. The molecule has 0 aliphatic heterocycles. The van der Waals surface area contributed by atoms with Gasteiger partial charge in [0, 0.05) is 9.84 Å². The molecule has 2 fully saturated rings. The molecule has 189 valence electrons. The average Bonchev–Trinajstić information content (AvgIpc) is 2.78. The molecule has 1 aromatic carbocycles. The second kappa shape index (κ2) is 18.4. The summed E-state index contributed by atoms with van der Waals surface area (Å²) in [5.74, 6) is 5.02. The van der Waals surface area contributed by atoms with Crippen LogP contribution in [0.3, 0.4) is 0 Å². The predicted molar refractivity (Wildman–Crippen MR) is 154 cm³/mol. The van der Waals surface area contributed by atoms with Crippen LogP contribution < -0.4 is 0 Å². The van der Waals surface area contributed by atoms with Crippen LogP contribution in [0.15, 0.2) is 35.9 Å². The van der Waals surface area contributed by atoms with E-state index in [1.165, 1.54) is 81.8 Å². The molecule has 0 nitrogen and oxygen atoms in total. The Bertz CT molecular complexity index is 543. The molecule has 0 bridgehead atoms. The number of hydrogen-bond acceptors (Lipinski definition) is 0. The summed E-state index contributed by atoms with van der Waals surface area (Å²) in [5, 5.41) is 0. The Labute approximate surface area is 212 Å². The Morgan fingerprint density at radius 3 is 1.03 bits per heavy atom. The molecule has 3 aliphatic rings. The maximum Gasteiger partial charge on any atom is 0 e. The fourth-order valence-electron chi connectivity index (χ4n) is 4.59. The molecule has 0 saturated heterocycles. The van der Waals surface area contributed by atoms with Gasteiger partial charge in [0.05, 0.1) is 0 Å². The van der Waals surface area contributed by atoms with E-state index in [0.29, 0.717) is 0 Å². The summed E-state index contributed by atoms with van der Waals surface area (Å²) in [4.78, 5) is 0. The fraction of sp³-hybridized carbons (Fsp3) is 0.750. The van der Waals surface area contributed by atoms with Crippen molar-refractivity contribution in [1.82, 2.24) is 0 Å². The highest BCUT2D eigenvalue weighted by Gasteiger charge is 2.13. The van der Waals surface area contributed by atoms with Crippen molar-refractivity contribution >= 4 is 8.41 Å². The number of aryl methyl sites for hydroxylation is 2. The molecule has 0 aromatic heterocycles. The van der Waals surface area contributed by atoms with E-state index >= 15 is 0 Å². The zero-order valence-corrected chi connectivity index (χ0v) is 23.6. The second-order valence-electron chi connectivity index (χ2n) is 11.8. The van der Waals surface area contributed by atoms with Gasteiger partial charge in [-0.2, -0.15) is 0 Å². The standard InChI is InChI=1S/2C8H16.C8H14.C8H10.B.H2/c4*1-7-3-5-8(2)6-4-7;;/h2*7-8H,3-6H2,1-2H3;3,8H,4-6H2,1-2H3;3-6H,1-2H3;;1H. The SMILES string of the molecule is CC1=CCC(C)CC1.CC1CCC(C)CC1.CC1CCC(C)CC1.Cc1ccc(C)cc1.[B].[HH]. The van der Waals surface area contributed by atoms with Gasteiger partial charge in [0.2, 0.25) is 0 Å².